The van der Waals surface area contributed by atoms with Crippen LogP contribution in [0.25, 0.3) is 0 Å². The van der Waals surface area contributed by atoms with E-state index >= 15 is 0 Å². The lowest BCUT2D eigenvalue weighted by molar-refractivity contribution is -0.125. The van der Waals surface area contributed by atoms with Gasteiger partial charge in [-0.05, 0) is 12.8 Å². The molecule has 0 aromatic carbocycles. The van der Waals surface area contributed by atoms with Gasteiger partial charge < -0.3 is 4.90 Å². The van der Waals surface area contributed by atoms with Crippen LogP contribution in [0.4, 0.5) is 0 Å². The van der Waals surface area contributed by atoms with Gasteiger partial charge in [0, 0.05) is 13.1 Å². The molecule has 0 aromatic rings. The van der Waals surface area contributed by atoms with E-state index in [4.69, 9.17) is 58.0 Å². The fraction of sp³-hybridized carbons (Fsp3) is 0.444. The molecule has 1 rings (SSSR count). The molecule has 1 amide bonds. The van der Waals surface area contributed by atoms with Gasteiger partial charge in [0.05, 0.1) is 10.1 Å². The van der Waals surface area contributed by atoms with Crippen molar-refractivity contribution in [2.45, 2.75) is 12.8 Å². The van der Waals surface area contributed by atoms with E-state index in [2.05, 4.69) is 0 Å². The summed E-state index contributed by atoms with van der Waals surface area (Å²) >= 11 is 28.2. The summed E-state index contributed by atoms with van der Waals surface area (Å²) in [5.74, 6) is -0.350. The van der Waals surface area contributed by atoms with Crippen molar-refractivity contribution in [2.24, 2.45) is 0 Å². The standard InChI is InChI=1S/C9H8Cl5NO/c10-5(6(11)8(13)14)7(12)9(16)15-3-1-2-4-15/h1-4H2/b7-5+. The molecule has 0 N–H and O–H groups in total. The van der Waals surface area contributed by atoms with Crippen molar-refractivity contribution >= 4 is 63.9 Å². The summed E-state index contributed by atoms with van der Waals surface area (Å²) in [6, 6.07) is 0. The fourth-order valence-corrected chi connectivity index (χ4v) is 2.15. The summed E-state index contributed by atoms with van der Waals surface area (Å²) in [4.78, 5) is 13.4. The minimum atomic E-state index is -0.350. The Morgan fingerprint density at radius 2 is 1.31 bits per heavy atom. The summed E-state index contributed by atoms with van der Waals surface area (Å²) in [6.45, 7) is 1.35. The van der Waals surface area contributed by atoms with Crippen LogP contribution in [-0.2, 0) is 4.79 Å². The lowest BCUT2D eigenvalue weighted by Crippen LogP contribution is -2.28. The van der Waals surface area contributed by atoms with Gasteiger partial charge in [-0.25, -0.2) is 0 Å². The van der Waals surface area contributed by atoms with E-state index in [1.807, 2.05) is 0 Å². The summed E-state index contributed by atoms with van der Waals surface area (Å²) in [6.07, 6.45) is 1.93. The van der Waals surface area contributed by atoms with Gasteiger partial charge in [0.15, 0.2) is 0 Å². The zero-order valence-electron chi connectivity index (χ0n) is 8.07. The molecule has 1 aliphatic heterocycles. The highest BCUT2D eigenvalue weighted by Crippen LogP contribution is 2.32. The van der Waals surface area contributed by atoms with Gasteiger partial charge in [-0.15, -0.1) is 0 Å². The van der Waals surface area contributed by atoms with Crippen molar-refractivity contribution in [3.63, 3.8) is 0 Å². The molecule has 90 valence electrons. The van der Waals surface area contributed by atoms with Crippen LogP contribution in [0.2, 0.25) is 0 Å². The highest BCUT2D eigenvalue weighted by molar-refractivity contribution is 6.62. The van der Waals surface area contributed by atoms with Gasteiger partial charge >= 0.3 is 0 Å². The van der Waals surface area contributed by atoms with Gasteiger partial charge in [0.25, 0.3) is 5.91 Å². The first-order valence-corrected chi connectivity index (χ1v) is 6.39. The fourth-order valence-electron chi connectivity index (χ4n) is 1.33. The molecule has 0 aromatic heterocycles. The minimum absolute atomic E-state index is 0.123. The van der Waals surface area contributed by atoms with Crippen molar-refractivity contribution in [3.8, 4) is 0 Å². The molecule has 1 saturated heterocycles. The summed E-state index contributed by atoms with van der Waals surface area (Å²) in [5.41, 5.74) is 0. The molecule has 0 aliphatic carbocycles. The Morgan fingerprint density at radius 1 is 0.812 bits per heavy atom. The maximum Gasteiger partial charge on any atom is 0.266 e. The summed E-state index contributed by atoms with van der Waals surface area (Å²) < 4.78 is -0.223. The van der Waals surface area contributed by atoms with Gasteiger partial charge in [0.1, 0.15) is 9.52 Å². The number of rotatable bonds is 2. The molecule has 16 heavy (non-hydrogen) atoms. The predicted molar refractivity (Wildman–Crippen MR) is 69.1 cm³/mol. The van der Waals surface area contributed by atoms with Crippen LogP contribution in [0.1, 0.15) is 12.8 Å². The summed E-state index contributed by atoms with van der Waals surface area (Å²) in [7, 11) is 0. The van der Waals surface area contributed by atoms with E-state index in [-0.39, 0.29) is 25.5 Å². The van der Waals surface area contributed by atoms with Crippen molar-refractivity contribution in [1.29, 1.82) is 0 Å². The second-order valence-electron chi connectivity index (χ2n) is 3.20. The van der Waals surface area contributed by atoms with E-state index in [1.54, 1.807) is 4.90 Å². The zero-order valence-corrected chi connectivity index (χ0v) is 11.9. The number of nitrogens with zero attached hydrogens (tertiary/aromatic N) is 1. The second kappa shape index (κ2) is 6.36. The quantitative estimate of drug-likeness (QED) is 0.551. The van der Waals surface area contributed by atoms with Crippen LogP contribution in [0.15, 0.2) is 19.6 Å². The number of carbonyl (C=O) groups is 1. The molecule has 0 spiro atoms. The number of allylic oxidation sites excluding steroid dienone is 2. The second-order valence-corrected chi connectivity index (χ2v) is 5.28. The first-order chi connectivity index (χ1) is 7.45. The van der Waals surface area contributed by atoms with Crippen molar-refractivity contribution in [2.75, 3.05) is 13.1 Å². The highest BCUT2D eigenvalue weighted by atomic mass is 35.5. The maximum absolute atomic E-state index is 11.8. The minimum Gasteiger partial charge on any atom is -0.338 e. The summed E-state index contributed by atoms with van der Waals surface area (Å²) in [5, 5.41) is -0.407. The van der Waals surface area contributed by atoms with E-state index in [1.165, 1.54) is 0 Å². The SMILES string of the molecule is O=C(/C(Cl)=C(\Cl)C(Cl)=C(Cl)Cl)N1CCCC1. The van der Waals surface area contributed by atoms with Crippen LogP contribution < -0.4 is 0 Å². The molecule has 0 bridgehead atoms. The molecular weight excluding hydrogens is 315 g/mol. The van der Waals surface area contributed by atoms with Crippen molar-refractivity contribution in [3.05, 3.63) is 19.6 Å². The molecule has 7 heteroatoms. The lowest BCUT2D eigenvalue weighted by Gasteiger charge is -2.15. The largest absolute Gasteiger partial charge is 0.338 e. The molecule has 0 unspecified atom stereocenters. The Bertz CT molecular complexity index is 353. The van der Waals surface area contributed by atoms with Crippen LogP contribution in [0.3, 0.4) is 0 Å². The lowest BCUT2D eigenvalue weighted by atomic mass is 10.4. The highest BCUT2D eigenvalue weighted by Gasteiger charge is 2.23. The van der Waals surface area contributed by atoms with Gasteiger partial charge in [-0.1, -0.05) is 58.0 Å². The van der Waals surface area contributed by atoms with Crippen molar-refractivity contribution < 1.29 is 4.79 Å². The van der Waals surface area contributed by atoms with E-state index < -0.39 is 0 Å². The maximum atomic E-state index is 11.8. The van der Waals surface area contributed by atoms with E-state index in [0.717, 1.165) is 12.8 Å². The van der Waals surface area contributed by atoms with Gasteiger partial charge in [0.2, 0.25) is 0 Å². The Morgan fingerprint density at radius 3 is 1.75 bits per heavy atom. The third-order valence-electron chi connectivity index (χ3n) is 2.13. The number of amides is 1. The normalized spacial score (nSPS) is 17.2. The molecule has 2 nitrogen and oxygen atoms in total. The first kappa shape index (κ1) is 14.5. The topological polar surface area (TPSA) is 20.3 Å². The van der Waals surface area contributed by atoms with Crippen LogP contribution in [-0.4, -0.2) is 23.9 Å². The van der Waals surface area contributed by atoms with E-state index in [0.29, 0.717) is 13.1 Å². The van der Waals surface area contributed by atoms with Crippen molar-refractivity contribution in [1.82, 2.24) is 4.90 Å². The number of halogens is 5. The molecule has 0 atom stereocenters. The Balaban J connectivity index is 2.90. The zero-order chi connectivity index (χ0) is 12.3. The Hall–Kier alpha value is 0.400. The monoisotopic (exact) mass is 321 g/mol. The average molecular weight is 323 g/mol. The third kappa shape index (κ3) is 3.44. The van der Waals surface area contributed by atoms with Crippen LogP contribution in [0, 0.1) is 0 Å². The Labute approximate surface area is 119 Å². The van der Waals surface area contributed by atoms with Crippen LogP contribution >= 0.6 is 58.0 Å². The molecule has 1 fully saturated rings. The number of hydrogen-bond donors (Lipinski definition) is 0. The number of carbonyl (C=O) groups excluding carboxylic acids is 1. The molecule has 1 aliphatic rings. The molecule has 0 radical (unpaired) electrons. The number of likely N-dealkylation sites (tertiary alicyclic amines) is 1. The molecule has 1 heterocycles. The predicted octanol–water partition coefficient (Wildman–Crippen LogP) is 4.18. The van der Waals surface area contributed by atoms with Gasteiger partial charge in [-0.2, -0.15) is 0 Å². The average Bonchev–Trinajstić information content (AvgIpc) is 2.78. The van der Waals surface area contributed by atoms with E-state index in [9.17, 15) is 4.79 Å². The third-order valence-corrected chi connectivity index (χ3v) is 4.00. The first-order valence-electron chi connectivity index (χ1n) is 4.51. The smallest absolute Gasteiger partial charge is 0.266 e. The van der Waals surface area contributed by atoms with Crippen LogP contribution in [0.5, 0.6) is 0 Å². The Kier molecular flexibility index (Phi) is 5.75. The molecular formula is C9H8Cl5NO. The number of hydrogen-bond acceptors (Lipinski definition) is 1. The molecule has 0 saturated carbocycles. The van der Waals surface area contributed by atoms with Gasteiger partial charge in [-0.3, -0.25) is 4.79 Å².